The molecule has 0 saturated heterocycles. The van der Waals surface area contributed by atoms with Gasteiger partial charge in [0.05, 0.1) is 20.8 Å². The number of amidine groups is 1. The molecule has 1 amide bonds. The number of nitrogens with zero attached hydrogens (tertiary/aromatic N) is 3. The van der Waals surface area contributed by atoms with E-state index in [2.05, 4.69) is 4.99 Å². The quantitative estimate of drug-likeness (QED) is 0.467. The number of nitro groups is 2. The van der Waals surface area contributed by atoms with Crippen molar-refractivity contribution in [1.82, 2.24) is 0 Å². The summed E-state index contributed by atoms with van der Waals surface area (Å²) in [6.45, 7) is 0. The molecule has 2 aromatic carbocycles. The average molecular weight is 386 g/mol. The zero-order valence-electron chi connectivity index (χ0n) is 13.4. The van der Waals surface area contributed by atoms with Gasteiger partial charge in [-0.2, -0.15) is 4.99 Å². The lowest BCUT2D eigenvalue weighted by molar-refractivity contribution is -0.394. The van der Waals surface area contributed by atoms with E-state index in [-0.39, 0.29) is 21.6 Å². The smallest absolute Gasteiger partial charge is 0.318 e. The van der Waals surface area contributed by atoms with Crippen molar-refractivity contribution in [2.24, 2.45) is 10.7 Å². The SMILES string of the molecule is NC1=NC(=O)/C(=C\c2ccccc2Oc2ccc([N+](=O)[O-])cc2[N+](=O)[O-])S1. The summed E-state index contributed by atoms with van der Waals surface area (Å²) in [6.07, 6.45) is 1.50. The highest BCUT2D eigenvalue weighted by molar-refractivity contribution is 8.18. The molecule has 3 rings (SSSR count). The monoisotopic (exact) mass is 386 g/mol. The number of non-ortho nitro benzene ring substituents is 1. The van der Waals surface area contributed by atoms with E-state index in [0.717, 1.165) is 30.0 Å². The third kappa shape index (κ3) is 3.93. The Morgan fingerprint density at radius 3 is 2.44 bits per heavy atom. The zero-order chi connectivity index (χ0) is 19.6. The fourth-order valence-electron chi connectivity index (χ4n) is 2.23. The first kappa shape index (κ1) is 18.1. The Labute approximate surface area is 155 Å². The Kier molecular flexibility index (Phi) is 4.86. The molecule has 0 unspecified atom stereocenters. The molecule has 0 saturated carbocycles. The summed E-state index contributed by atoms with van der Waals surface area (Å²) in [7, 11) is 0. The molecule has 27 heavy (non-hydrogen) atoms. The minimum atomic E-state index is -0.770. The third-order valence-corrected chi connectivity index (χ3v) is 4.23. The molecule has 0 radical (unpaired) electrons. The second kappa shape index (κ2) is 7.25. The highest BCUT2D eigenvalue weighted by atomic mass is 32.2. The minimum Gasteiger partial charge on any atom is -0.449 e. The van der Waals surface area contributed by atoms with Crippen molar-refractivity contribution in [3.05, 3.63) is 73.2 Å². The van der Waals surface area contributed by atoms with Crippen LogP contribution in [0.1, 0.15) is 5.56 Å². The predicted molar refractivity (Wildman–Crippen MR) is 98.5 cm³/mol. The van der Waals surface area contributed by atoms with Crippen LogP contribution in [-0.2, 0) is 4.79 Å². The summed E-state index contributed by atoms with van der Waals surface area (Å²) in [5.41, 5.74) is 5.00. The van der Waals surface area contributed by atoms with Crippen molar-refractivity contribution in [2.45, 2.75) is 0 Å². The molecular formula is C16H10N4O6S. The Hall–Kier alpha value is -3.73. The lowest BCUT2D eigenvalue weighted by Gasteiger charge is -2.09. The van der Waals surface area contributed by atoms with Gasteiger partial charge in [-0.25, -0.2) is 0 Å². The van der Waals surface area contributed by atoms with Crippen LogP contribution in [-0.4, -0.2) is 20.9 Å². The topological polar surface area (TPSA) is 151 Å². The van der Waals surface area contributed by atoms with E-state index in [1.54, 1.807) is 24.3 Å². The zero-order valence-corrected chi connectivity index (χ0v) is 14.2. The summed E-state index contributed by atoms with van der Waals surface area (Å²) >= 11 is 0.997. The molecule has 1 aliphatic rings. The molecule has 2 aromatic rings. The van der Waals surface area contributed by atoms with Crippen molar-refractivity contribution >= 4 is 40.3 Å². The largest absolute Gasteiger partial charge is 0.449 e. The van der Waals surface area contributed by atoms with E-state index >= 15 is 0 Å². The second-order valence-corrected chi connectivity index (χ2v) is 6.23. The number of para-hydroxylation sites is 1. The summed E-state index contributed by atoms with van der Waals surface area (Å²) in [6, 6.07) is 9.60. The predicted octanol–water partition coefficient (Wildman–Crippen LogP) is 3.22. The Bertz CT molecular complexity index is 1030. The van der Waals surface area contributed by atoms with Gasteiger partial charge in [0.1, 0.15) is 5.75 Å². The Morgan fingerprint density at radius 1 is 1.07 bits per heavy atom. The molecule has 0 spiro atoms. The minimum absolute atomic E-state index is 0.121. The maximum atomic E-state index is 11.8. The molecule has 1 heterocycles. The summed E-state index contributed by atoms with van der Waals surface area (Å²) in [4.78, 5) is 36.2. The first-order chi connectivity index (χ1) is 12.8. The Morgan fingerprint density at radius 2 is 1.81 bits per heavy atom. The summed E-state index contributed by atoms with van der Waals surface area (Å²) in [5, 5.41) is 22.2. The molecule has 10 nitrogen and oxygen atoms in total. The van der Waals surface area contributed by atoms with E-state index in [1.807, 2.05) is 0 Å². The van der Waals surface area contributed by atoms with Crippen LogP contribution in [0, 0.1) is 20.2 Å². The van der Waals surface area contributed by atoms with E-state index in [4.69, 9.17) is 10.5 Å². The fourth-order valence-corrected chi connectivity index (χ4v) is 2.90. The van der Waals surface area contributed by atoms with Crippen molar-refractivity contribution in [1.29, 1.82) is 0 Å². The van der Waals surface area contributed by atoms with Crippen molar-refractivity contribution < 1.29 is 19.4 Å². The van der Waals surface area contributed by atoms with E-state index < -0.39 is 27.1 Å². The van der Waals surface area contributed by atoms with Crippen LogP contribution in [0.3, 0.4) is 0 Å². The van der Waals surface area contributed by atoms with Crippen LogP contribution in [0.2, 0.25) is 0 Å². The average Bonchev–Trinajstić information content (AvgIpc) is 2.93. The number of carbonyl (C=O) groups excluding carboxylic acids is 1. The van der Waals surface area contributed by atoms with Gasteiger partial charge in [-0.15, -0.1) is 0 Å². The normalized spacial score (nSPS) is 14.9. The number of amides is 1. The van der Waals surface area contributed by atoms with E-state index in [1.165, 1.54) is 6.08 Å². The van der Waals surface area contributed by atoms with E-state index in [0.29, 0.717) is 5.56 Å². The number of hydrogen-bond donors (Lipinski definition) is 1. The number of benzene rings is 2. The number of carbonyl (C=O) groups is 1. The molecule has 1 aliphatic heterocycles. The van der Waals surface area contributed by atoms with Gasteiger partial charge in [0.15, 0.2) is 5.17 Å². The van der Waals surface area contributed by atoms with E-state index in [9.17, 15) is 25.0 Å². The van der Waals surface area contributed by atoms with Gasteiger partial charge < -0.3 is 10.5 Å². The van der Waals surface area contributed by atoms with Crippen molar-refractivity contribution in [3.8, 4) is 11.5 Å². The molecule has 0 fully saturated rings. The number of ether oxygens (including phenoxy) is 1. The molecule has 11 heteroatoms. The summed E-state index contributed by atoms with van der Waals surface area (Å²) < 4.78 is 5.61. The van der Waals surface area contributed by atoms with Crippen LogP contribution in [0.5, 0.6) is 11.5 Å². The highest BCUT2D eigenvalue weighted by Gasteiger charge is 2.23. The maximum Gasteiger partial charge on any atom is 0.318 e. The van der Waals surface area contributed by atoms with Crippen LogP contribution < -0.4 is 10.5 Å². The van der Waals surface area contributed by atoms with Gasteiger partial charge in [-0.1, -0.05) is 18.2 Å². The highest BCUT2D eigenvalue weighted by Crippen LogP contribution is 2.37. The van der Waals surface area contributed by atoms with Crippen LogP contribution in [0.15, 0.2) is 52.4 Å². The standard InChI is InChI=1S/C16H10N4O6S/c17-16-18-15(21)14(27-16)7-9-3-1-2-4-12(9)26-13-6-5-10(19(22)23)8-11(13)20(24)25/h1-8H,(H2,17,18,21)/b14-7+. The first-order valence-corrected chi connectivity index (χ1v) is 8.14. The summed E-state index contributed by atoms with van der Waals surface area (Å²) in [5.74, 6) is -0.438. The maximum absolute atomic E-state index is 11.8. The van der Waals surface area contributed by atoms with Crippen LogP contribution in [0.25, 0.3) is 6.08 Å². The van der Waals surface area contributed by atoms with Gasteiger partial charge in [0.25, 0.3) is 11.6 Å². The molecule has 0 bridgehead atoms. The van der Waals surface area contributed by atoms with Crippen LogP contribution in [0.4, 0.5) is 11.4 Å². The first-order valence-electron chi connectivity index (χ1n) is 7.33. The molecule has 0 aliphatic carbocycles. The molecular weight excluding hydrogens is 376 g/mol. The fraction of sp³-hybridized carbons (Fsp3) is 0. The van der Waals surface area contributed by atoms with Gasteiger partial charge in [-0.3, -0.25) is 25.0 Å². The van der Waals surface area contributed by atoms with Gasteiger partial charge in [0.2, 0.25) is 5.75 Å². The molecule has 2 N–H and O–H groups in total. The van der Waals surface area contributed by atoms with Crippen molar-refractivity contribution in [3.63, 3.8) is 0 Å². The number of aliphatic imine (C=N–C) groups is 1. The molecule has 136 valence electrons. The molecule has 0 aromatic heterocycles. The van der Waals surface area contributed by atoms with Gasteiger partial charge >= 0.3 is 5.69 Å². The van der Waals surface area contributed by atoms with Crippen LogP contribution >= 0.6 is 11.8 Å². The number of rotatable bonds is 5. The number of hydrogen-bond acceptors (Lipinski definition) is 8. The second-order valence-electron chi connectivity index (χ2n) is 5.17. The number of nitro benzene ring substituents is 2. The number of thioether (sulfide) groups is 1. The Balaban J connectivity index is 1.98. The third-order valence-electron chi connectivity index (χ3n) is 3.41. The lowest BCUT2D eigenvalue weighted by Crippen LogP contribution is -2.01. The van der Waals surface area contributed by atoms with Gasteiger partial charge in [0, 0.05) is 11.6 Å². The van der Waals surface area contributed by atoms with Crippen molar-refractivity contribution in [2.75, 3.05) is 0 Å². The molecule has 0 atom stereocenters. The number of nitrogens with two attached hydrogens (primary N) is 1. The lowest BCUT2D eigenvalue weighted by atomic mass is 10.2. The van der Waals surface area contributed by atoms with Gasteiger partial charge in [-0.05, 0) is 30.0 Å².